The van der Waals surface area contributed by atoms with E-state index in [1.54, 1.807) is 6.07 Å². The molecule has 0 saturated heterocycles. The van der Waals surface area contributed by atoms with Gasteiger partial charge in [-0.2, -0.15) is 0 Å². The molecule has 2 aromatic carbocycles. The molecule has 0 atom stereocenters. The van der Waals surface area contributed by atoms with E-state index in [2.05, 4.69) is 28.2 Å². The first-order chi connectivity index (χ1) is 14.1. The molecule has 5 nitrogen and oxygen atoms in total. The van der Waals surface area contributed by atoms with Gasteiger partial charge < -0.3 is 19.5 Å². The molecule has 1 amide bonds. The number of anilines is 1. The number of unbranched alkanes of at least 4 members (excludes halogenated alkanes) is 3. The molecule has 0 aliphatic carbocycles. The van der Waals surface area contributed by atoms with Crippen molar-refractivity contribution in [2.24, 2.45) is 0 Å². The number of nitrogens with one attached hydrogen (secondary N) is 1. The molecule has 2 rings (SSSR count). The Morgan fingerprint density at radius 1 is 0.931 bits per heavy atom. The van der Waals surface area contributed by atoms with Crippen LogP contribution < -0.4 is 14.8 Å². The minimum atomic E-state index is -0.208. The smallest absolute Gasteiger partial charge is 0.259 e. The quantitative estimate of drug-likeness (QED) is 0.365. The molecule has 0 radical (unpaired) electrons. The Balaban J connectivity index is 1.94. The zero-order valence-corrected chi connectivity index (χ0v) is 18.8. The zero-order chi connectivity index (χ0) is 20.9. The van der Waals surface area contributed by atoms with Crippen molar-refractivity contribution in [2.45, 2.75) is 39.5 Å². The molecule has 0 bridgehead atoms. The van der Waals surface area contributed by atoms with Crippen molar-refractivity contribution in [3.05, 3.63) is 52.5 Å². The number of ether oxygens (including phenoxy) is 3. The molecule has 158 valence electrons. The Morgan fingerprint density at radius 3 is 2.45 bits per heavy atom. The van der Waals surface area contributed by atoms with Crippen LogP contribution >= 0.6 is 15.9 Å². The molecule has 29 heavy (non-hydrogen) atoms. The lowest BCUT2D eigenvalue weighted by Gasteiger charge is -2.13. The van der Waals surface area contributed by atoms with Crippen molar-refractivity contribution in [1.82, 2.24) is 0 Å². The molecule has 0 aromatic heterocycles. The first kappa shape index (κ1) is 23.2. The van der Waals surface area contributed by atoms with Crippen LogP contribution in [0.4, 0.5) is 5.69 Å². The maximum Gasteiger partial charge on any atom is 0.259 e. The van der Waals surface area contributed by atoms with Gasteiger partial charge in [0.2, 0.25) is 0 Å². The summed E-state index contributed by atoms with van der Waals surface area (Å²) in [6.07, 6.45) is 4.49. The number of hydrogen-bond acceptors (Lipinski definition) is 4. The van der Waals surface area contributed by atoms with Crippen molar-refractivity contribution in [1.29, 1.82) is 0 Å². The number of benzene rings is 2. The number of carbonyl (C=O) groups is 1. The monoisotopic (exact) mass is 463 g/mol. The predicted molar refractivity (Wildman–Crippen MR) is 120 cm³/mol. The zero-order valence-electron chi connectivity index (χ0n) is 17.2. The maximum absolute atomic E-state index is 12.8. The van der Waals surface area contributed by atoms with E-state index >= 15 is 0 Å². The molecule has 0 heterocycles. The molecule has 1 N–H and O–H groups in total. The topological polar surface area (TPSA) is 56.8 Å². The number of amides is 1. The summed E-state index contributed by atoms with van der Waals surface area (Å²) < 4.78 is 17.5. The molecule has 0 saturated carbocycles. The summed E-state index contributed by atoms with van der Waals surface area (Å²) in [5.74, 6) is 1.12. The van der Waals surface area contributed by atoms with Crippen molar-refractivity contribution < 1.29 is 19.0 Å². The Bertz CT molecular complexity index is 749. The van der Waals surface area contributed by atoms with E-state index in [0.717, 1.165) is 23.1 Å². The first-order valence-corrected chi connectivity index (χ1v) is 11.0. The van der Waals surface area contributed by atoms with Gasteiger partial charge >= 0.3 is 0 Å². The number of hydrogen-bond donors (Lipinski definition) is 1. The van der Waals surface area contributed by atoms with Crippen LogP contribution in [0.2, 0.25) is 0 Å². The van der Waals surface area contributed by atoms with Gasteiger partial charge in [0, 0.05) is 16.8 Å². The van der Waals surface area contributed by atoms with Crippen LogP contribution in [0.3, 0.4) is 0 Å². The molecule has 0 aliphatic rings. The van der Waals surface area contributed by atoms with Gasteiger partial charge in [-0.25, -0.2) is 0 Å². The van der Waals surface area contributed by atoms with E-state index in [0.29, 0.717) is 43.4 Å². The van der Waals surface area contributed by atoms with Gasteiger partial charge in [0.1, 0.15) is 18.1 Å². The molecule has 0 aliphatic heterocycles. The second-order valence-electron chi connectivity index (χ2n) is 6.57. The van der Waals surface area contributed by atoms with Gasteiger partial charge in [0.15, 0.2) is 0 Å². The third-order valence-corrected chi connectivity index (χ3v) is 4.75. The second kappa shape index (κ2) is 13.2. The average molecular weight is 464 g/mol. The summed E-state index contributed by atoms with van der Waals surface area (Å²) in [6.45, 7) is 6.46. The molecule has 6 heteroatoms. The standard InChI is InChI=1S/C23H30BrNO4/c1-3-5-6-7-14-29-22-13-8-18(24)17-21(22)23(26)25-19-9-11-20(12-10-19)28-16-15-27-4-2/h8-13,17H,3-7,14-16H2,1-2H3,(H,25,26). The summed E-state index contributed by atoms with van der Waals surface area (Å²) >= 11 is 3.43. The highest BCUT2D eigenvalue weighted by Crippen LogP contribution is 2.25. The van der Waals surface area contributed by atoms with E-state index in [1.807, 2.05) is 43.3 Å². The summed E-state index contributed by atoms with van der Waals surface area (Å²) in [4.78, 5) is 12.8. The lowest BCUT2D eigenvalue weighted by molar-refractivity contribution is 0.102. The highest BCUT2D eigenvalue weighted by molar-refractivity contribution is 9.10. The normalized spacial score (nSPS) is 10.6. The van der Waals surface area contributed by atoms with Gasteiger partial charge in [-0.05, 0) is 55.8 Å². The fraction of sp³-hybridized carbons (Fsp3) is 0.435. The molecular formula is C23H30BrNO4. The van der Waals surface area contributed by atoms with Gasteiger partial charge in [-0.15, -0.1) is 0 Å². The molecule has 0 fully saturated rings. The lowest BCUT2D eigenvalue weighted by atomic mass is 10.1. The van der Waals surface area contributed by atoms with E-state index in [-0.39, 0.29) is 5.91 Å². The first-order valence-electron chi connectivity index (χ1n) is 10.2. The number of rotatable bonds is 13. The van der Waals surface area contributed by atoms with E-state index in [4.69, 9.17) is 14.2 Å². The summed E-state index contributed by atoms with van der Waals surface area (Å²) in [5.41, 5.74) is 1.20. The highest BCUT2D eigenvalue weighted by Gasteiger charge is 2.14. The minimum absolute atomic E-state index is 0.208. The molecular weight excluding hydrogens is 434 g/mol. The van der Waals surface area contributed by atoms with E-state index in [9.17, 15) is 4.79 Å². The van der Waals surface area contributed by atoms with Gasteiger partial charge in [-0.3, -0.25) is 4.79 Å². The van der Waals surface area contributed by atoms with Crippen molar-refractivity contribution in [3.63, 3.8) is 0 Å². The maximum atomic E-state index is 12.8. The number of carbonyl (C=O) groups excluding carboxylic acids is 1. The number of halogens is 1. The second-order valence-corrected chi connectivity index (χ2v) is 7.49. The van der Waals surface area contributed by atoms with E-state index < -0.39 is 0 Å². The van der Waals surface area contributed by atoms with Crippen LogP contribution in [-0.2, 0) is 4.74 Å². The third-order valence-electron chi connectivity index (χ3n) is 4.25. The SMILES string of the molecule is CCCCCCOc1ccc(Br)cc1C(=O)Nc1ccc(OCCOCC)cc1. The van der Waals surface area contributed by atoms with Crippen LogP contribution in [0.5, 0.6) is 11.5 Å². The molecule has 0 unspecified atom stereocenters. The van der Waals surface area contributed by atoms with Gasteiger partial charge in [0.05, 0.1) is 18.8 Å². The van der Waals surface area contributed by atoms with Crippen LogP contribution in [0.25, 0.3) is 0 Å². The largest absolute Gasteiger partial charge is 0.493 e. The minimum Gasteiger partial charge on any atom is -0.493 e. The van der Waals surface area contributed by atoms with Crippen LogP contribution in [-0.4, -0.2) is 32.3 Å². The van der Waals surface area contributed by atoms with Crippen molar-refractivity contribution >= 4 is 27.5 Å². The summed E-state index contributed by atoms with van der Waals surface area (Å²) in [7, 11) is 0. The molecule has 0 spiro atoms. The lowest BCUT2D eigenvalue weighted by Crippen LogP contribution is -2.14. The van der Waals surface area contributed by atoms with Crippen molar-refractivity contribution in [3.8, 4) is 11.5 Å². The van der Waals surface area contributed by atoms with Crippen molar-refractivity contribution in [2.75, 3.05) is 31.7 Å². The van der Waals surface area contributed by atoms with Crippen LogP contribution in [0.1, 0.15) is 49.9 Å². The Hall–Kier alpha value is -2.05. The van der Waals surface area contributed by atoms with E-state index in [1.165, 1.54) is 12.8 Å². The summed E-state index contributed by atoms with van der Waals surface area (Å²) in [6, 6.07) is 12.8. The third kappa shape index (κ3) is 8.46. The fourth-order valence-corrected chi connectivity index (χ4v) is 3.07. The fourth-order valence-electron chi connectivity index (χ4n) is 2.71. The Labute approximate surface area is 181 Å². The Morgan fingerprint density at radius 2 is 1.72 bits per heavy atom. The van der Waals surface area contributed by atoms with Crippen LogP contribution in [0, 0.1) is 0 Å². The Kier molecular flexibility index (Phi) is 10.6. The average Bonchev–Trinajstić information content (AvgIpc) is 2.73. The van der Waals surface area contributed by atoms with Gasteiger partial charge in [-0.1, -0.05) is 42.1 Å². The molecule has 2 aromatic rings. The van der Waals surface area contributed by atoms with Gasteiger partial charge in [0.25, 0.3) is 5.91 Å². The predicted octanol–water partition coefficient (Wildman–Crippen LogP) is 6.08. The summed E-state index contributed by atoms with van der Waals surface area (Å²) in [5, 5.41) is 2.92. The van der Waals surface area contributed by atoms with Crippen LogP contribution in [0.15, 0.2) is 46.9 Å². The highest BCUT2D eigenvalue weighted by atomic mass is 79.9.